The summed E-state index contributed by atoms with van der Waals surface area (Å²) in [4.78, 5) is 32.6. The van der Waals surface area contributed by atoms with Gasteiger partial charge < -0.3 is 4.90 Å². The number of carbonyl (C=O) groups excluding carboxylic acids is 1. The summed E-state index contributed by atoms with van der Waals surface area (Å²) in [6.45, 7) is 7.66. The van der Waals surface area contributed by atoms with Gasteiger partial charge in [0.2, 0.25) is 5.91 Å². The SMILES string of the molecule is CCCN(CCC)C(=O)CSc1nc2ccccc2c(=O)n1-c1ccc(C)cc1. The monoisotopic (exact) mass is 409 g/mol. The Morgan fingerprint density at radius 1 is 1.03 bits per heavy atom. The quantitative estimate of drug-likeness (QED) is 0.408. The summed E-state index contributed by atoms with van der Waals surface area (Å²) in [6.07, 6.45) is 1.86. The number of benzene rings is 2. The van der Waals surface area contributed by atoms with Gasteiger partial charge in [0.1, 0.15) is 0 Å². The zero-order valence-electron chi connectivity index (χ0n) is 17.2. The van der Waals surface area contributed by atoms with Gasteiger partial charge in [-0.2, -0.15) is 0 Å². The molecular formula is C23H27N3O2S. The number of thioether (sulfide) groups is 1. The van der Waals surface area contributed by atoms with Crippen LogP contribution in [0.2, 0.25) is 0 Å². The summed E-state index contributed by atoms with van der Waals surface area (Å²) < 4.78 is 1.61. The van der Waals surface area contributed by atoms with E-state index in [1.807, 2.05) is 54.3 Å². The minimum Gasteiger partial charge on any atom is -0.342 e. The highest BCUT2D eigenvalue weighted by atomic mass is 32.2. The molecule has 0 N–H and O–H groups in total. The van der Waals surface area contributed by atoms with Gasteiger partial charge in [-0.1, -0.05) is 55.4 Å². The molecule has 0 saturated heterocycles. The predicted molar refractivity (Wildman–Crippen MR) is 120 cm³/mol. The molecule has 5 nitrogen and oxygen atoms in total. The Morgan fingerprint density at radius 3 is 2.34 bits per heavy atom. The molecule has 3 aromatic rings. The average molecular weight is 410 g/mol. The van der Waals surface area contributed by atoms with Gasteiger partial charge >= 0.3 is 0 Å². The van der Waals surface area contributed by atoms with Gasteiger partial charge in [0.05, 0.1) is 22.3 Å². The van der Waals surface area contributed by atoms with Crippen LogP contribution in [0.1, 0.15) is 32.3 Å². The fourth-order valence-corrected chi connectivity index (χ4v) is 4.16. The Hall–Kier alpha value is -2.60. The molecule has 1 aromatic heterocycles. The number of rotatable bonds is 8. The maximum Gasteiger partial charge on any atom is 0.266 e. The Labute approximate surface area is 175 Å². The molecule has 0 unspecified atom stereocenters. The molecule has 0 spiro atoms. The molecule has 0 saturated carbocycles. The molecule has 0 aliphatic rings. The average Bonchev–Trinajstić information content (AvgIpc) is 2.73. The molecule has 0 fully saturated rings. The highest BCUT2D eigenvalue weighted by molar-refractivity contribution is 7.99. The predicted octanol–water partition coefficient (Wildman–Crippen LogP) is 4.43. The Balaban J connectivity index is 1.99. The number of hydrogen-bond donors (Lipinski definition) is 0. The third kappa shape index (κ3) is 4.88. The number of amides is 1. The lowest BCUT2D eigenvalue weighted by Crippen LogP contribution is -2.34. The van der Waals surface area contributed by atoms with Crippen LogP contribution in [0.3, 0.4) is 0 Å². The molecule has 6 heteroatoms. The number of fused-ring (bicyclic) bond motifs is 1. The van der Waals surface area contributed by atoms with E-state index in [1.165, 1.54) is 11.8 Å². The normalized spacial score (nSPS) is 11.0. The van der Waals surface area contributed by atoms with Gasteiger partial charge in [0.15, 0.2) is 5.16 Å². The van der Waals surface area contributed by atoms with Crippen molar-refractivity contribution in [3.05, 3.63) is 64.4 Å². The van der Waals surface area contributed by atoms with Crippen LogP contribution in [0.5, 0.6) is 0 Å². The van der Waals surface area contributed by atoms with Crippen molar-refractivity contribution in [1.82, 2.24) is 14.5 Å². The fourth-order valence-electron chi connectivity index (χ4n) is 3.25. The van der Waals surface area contributed by atoms with E-state index < -0.39 is 0 Å². The first-order valence-electron chi connectivity index (χ1n) is 10.0. The van der Waals surface area contributed by atoms with Gasteiger partial charge in [-0.25, -0.2) is 4.98 Å². The van der Waals surface area contributed by atoms with Gasteiger partial charge in [0, 0.05) is 13.1 Å². The molecule has 0 bridgehead atoms. The molecular weight excluding hydrogens is 382 g/mol. The highest BCUT2D eigenvalue weighted by Gasteiger charge is 2.17. The van der Waals surface area contributed by atoms with Crippen molar-refractivity contribution >= 4 is 28.6 Å². The maximum atomic E-state index is 13.2. The van der Waals surface area contributed by atoms with Crippen LogP contribution in [-0.2, 0) is 4.79 Å². The van der Waals surface area contributed by atoms with Crippen LogP contribution >= 0.6 is 11.8 Å². The lowest BCUT2D eigenvalue weighted by atomic mass is 10.2. The highest BCUT2D eigenvalue weighted by Crippen LogP contribution is 2.22. The molecule has 0 atom stereocenters. The third-order valence-electron chi connectivity index (χ3n) is 4.70. The first-order valence-corrected chi connectivity index (χ1v) is 11.0. The second kappa shape index (κ2) is 9.74. The first-order chi connectivity index (χ1) is 14.0. The number of aryl methyl sites for hydroxylation is 1. The number of carbonyl (C=O) groups is 1. The second-order valence-electron chi connectivity index (χ2n) is 7.06. The second-order valence-corrected chi connectivity index (χ2v) is 8.00. The number of para-hydroxylation sites is 1. The summed E-state index contributed by atoms with van der Waals surface area (Å²) in [5, 5.41) is 1.11. The molecule has 0 radical (unpaired) electrons. The molecule has 0 aliphatic carbocycles. The summed E-state index contributed by atoms with van der Waals surface area (Å²) in [7, 11) is 0. The number of nitrogens with zero attached hydrogens (tertiary/aromatic N) is 3. The summed E-state index contributed by atoms with van der Waals surface area (Å²) in [5.41, 5.74) is 2.41. The van der Waals surface area contributed by atoms with Crippen LogP contribution < -0.4 is 5.56 Å². The van der Waals surface area contributed by atoms with E-state index in [9.17, 15) is 9.59 Å². The zero-order chi connectivity index (χ0) is 20.8. The van der Waals surface area contributed by atoms with Crippen molar-refractivity contribution in [2.24, 2.45) is 0 Å². The van der Waals surface area contributed by atoms with Crippen molar-refractivity contribution < 1.29 is 4.79 Å². The number of hydrogen-bond acceptors (Lipinski definition) is 4. The van der Waals surface area contributed by atoms with Crippen molar-refractivity contribution in [3.63, 3.8) is 0 Å². The van der Waals surface area contributed by atoms with Crippen LogP contribution in [0, 0.1) is 6.92 Å². The van der Waals surface area contributed by atoms with E-state index in [4.69, 9.17) is 4.98 Å². The van der Waals surface area contributed by atoms with E-state index in [1.54, 1.807) is 10.6 Å². The zero-order valence-corrected chi connectivity index (χ0v) is 18.0. The lowest BCUT2D eigenvalue weighted by molar-refractivity contribution is -0.128. The van der Waals surface area contributed by atoms with E-state index in [0.717, 1.165) is 37.2 Å². The van der Waals surface area contributed by atoms with Gasteiger partial charge in [0.25, 0.3) is 5.56 Å². The van der Waals surface area contributed by atoms with Crippen LogP contribution in [-0.4, -0.2) is 39.2 Å². The minimum absolute atomic E-state index is 0.0802. The van der Waals surface area contributed by atoms with Crippen molar-refractivity contribution in [2.45, 2.75) is 38.8 Å². The standard InChI is InChI=1S/C23H27N3O2S/c1-4-14-25(15-5-2)21(27)16-29-23-24-20-9-7-6-8-19(20)22(28)26(23)18-12-10-17(3)11-13-18/h6-13H,4-5,14-16H2,1-3H3. The molecule has 29 heavy (non-hydrogen) atoms. The largest absolute Gasteiger partial charge is 0.342 e. The first kappa shape index (κ1) is 21.1. The van der Waals surface area contributed by atoms with Crippen LogP contribution in [0.4, 0.5) is 0 Å². The molecule has 1 heterocycles. The smallest absolute Gasteiger partial charge is 0.266 e. The Kier molecular flexibility index (Phi) is 7.09. The fraction of sp³-hybridized carbons (Fsp3) is 0.348. The van der Waals surface area contributed by atoms with E-state index in [2.05, 4.69) is 13.8 Å². The van der Waals surface area contributed by atoms with E-state index >= 15 is 0 Å². The van der Waals surface area contributed by atoms with Gasteiger partial charge in [-0.3, -0.25) is 14.2 Å². The summed E-state index contributed by atoms with van der Waals surface area (Å²) in [6, 6.07) is 15.1. The van der Waals surface area contributed by atoms with E-state index in [-0.39, 0.29) is 17.2 Å². The molecule has 152 valence electrons. The van der Waals surface area contributed by atoms with Gasteiger partial charge in [-0.15, -0.1) is 0 Å². The Morgan fingerprint density at radius 2 is 1.69 bits per heavy atom. The van der Waals surface area contributed by atoms with Crippen molar-refractivity contribution in [3.8, 4) is 5.69 Å². The lowest BCUT2D eigenvalue weighted by Gasteiger charge is -2.21. The van der Waals surface area contributed by atoms with E-state index in [0.29, 0.717) is 16.1 Å². The molecule has 3 rings (SSSR count). The van der Waals surface area contributed by atoms with Crippen LogP contribution in [0.25, 0.3) is 16.6 Å². The molecule has 0 aliphatic heterocycles. The third-order valence-corrected chi connectivity index (χ3v) is 5.62. The summed E-state index contributed by atoms with van der Waals surface area (Å²) in [5.74, 6) is 0.341. The minimum atomic E-state index is -0.117. The summed E-state index contributed by atoms with van der Waals surface area (Å²) >= 11 is 1.32. The molecule has 2 aromatic carbocycles. The van der Waals surface area contributed by atoms with Crippen LogP contribution in [0.15, 0.2) is 58.5 Å². The maximum absolute atomic E-state index is 13.2. The van der Waals surface area contributed by atoms with Crippen molar-refractivity contribution in [2.75, 3.05) is 18.8 Å². The number of aromatic nitrogens is 2. The van der Waals surface area contributed by atoms with Crippen molar-refractivity contribution in [1.29, 1.82) is 0 Å². The Bertz CT molecular complexity index is 1040. The van der Waals surface area contributed by atoms with Gasteiger partial charge in [-0.05, 0) is 44.0 Å². The topological polar surface area (TPSA) is 55.2 Å². The molecule has 1 amide bonds.